The van der Waals surface area contributed by atoms with Crippen LogP contribution in [0, 0.1) is 13.8 Å². The summed E-state index contributed by atoms with van der Waals surface area (Å²) >= 11 is 0. The van der Waals surface area contributed by atoms with Gasteiger partial charge in [0.1, 0.15) is 22.0 Å². The molecule has 1 N–H and O–H groups in total. The minimum atomic E-state index is -3.80. The van der Waals surface area contributed by atoms with Crippen molar-refractivity contribution in [1.29, 1.82) is 0 Å². The van der Waals surface area contributed by atoms with Crippen molar-refractivity contribution in [3.8, 4) is 0 Å². The van der Waals surface area contributed by atoms with Crippen LogP contribution in [-0.2, 0) is 14.8 Å². The maximum atomic E-state index is 12.6. The van der Waals surface area contributed by atoms with Crippen molar-refractivity contribution >= 4 is 16.0 Å². The zero-order valence-electron chi connectivity index (χ0n) is 12.6. The molecule has 1 heterocycles. The molecular weight excluding hydrogens is 294 g/mol. The highest BCUT2D eigenvalue weighted by Crippen LogP contribution is 2.28. The van der Waals surface area contributed by atoms with Crippen LogP contribution in [0.15, 0.2) is 9.31 Å². The Labute approximate surface area is 124 Å². The maximum absolute atomic E-state index is 12.6. The fraction of sp³-hybridized carbons (Fsp3) is 0.643. The summed E-state index contributed by atoms with van der Waals surface area (Å²) in [6.07, 6.45) is 4.81. The van der Waals surface area contributed by atoms with Crippen LogP contribution in [0.4, 0.5) is 0 Å². The zero-order chi connectivity index (χ0) is 15.6. The molecular formula is C14H21NO5S. The summed E-state index contributed by atoms with van der Waals surface area (Å²) in [5, 5.41) is 0. The average molecular weight is 315 g/mol. The van der Waals surface area contributed by atoms with E-state index < -0.39 is 16.0 Å². The van der Waals surface area contributed by atoms with Crippen molar-refractivity contribution in [2.75, 3.05) is 7.11 Å². The van der Waals surface area contributed by atoms with Crippen molar-refractivity contribution in [3.05, 3.63) is 17.1 Å². The van der Waals surface area contributed by atoms with Gasteiger partial charge in [-0.2, -0.15) is 0 Å². The number of aryl methyl sites for hydroxylation is 2. The Kier molecular flexibility index (Phi) is 4.73. The van der Waals surface area contributed by atoms with Gasteiger partial charge >= 0.3 is 5.97 Å². The number of rotatable bonds is 4. The van der Waals surface area contributed by atoms with Crippen LogP contribution >= 0.6 is 0 Å². The first-order chi connectivity index (χ1) is 9.86. The molecule has 1 aromatic heterocycles. The molecule has 1 saturated carbocycles. The fourth-order valence-electron chi connectivity index (χ4n) is 2.82. The minimum Gasteiger partial charge on any atom is -0.465 e. The smallest absolute Gasteiger partial charge is 0.342 e. The molecule has 0 aromatic carbocycles. The Bertz CT molecular complexity index is 626. The second kappa shape index (κ2) is 6.19. The highest BCUT2D eigenvalue weighted by molar-refractivity contribution is 7.89. The molecule has 1 fully saturated rings. The number of carbonyl (C=O) groups excluding carboxylic acids is 1. The van der Waals surface area contributed by atoms with Crippen LogP contribution in [-0.4, -0.2) is 27.5 Å². The Morgan fingerprint density at radius 3 is 2.38 bits per heavy atom. The van der Waals surface area contributed by atoms with Crippen molar-refractivity contribution in [2.24, 2.45) is 0 Å². The van der Waals surface area contributed by atoms with Gasteiger partial charge in [0, 0.05) is 6.04 Å². The van der Waals surface area contributed by atoms with Crippen molar-refractivity contribution in [1.82, 2.24) is 4.72 Å². The first kappa shape index (κ1) is 16.0. The Morgan fingerprint density at radius 1 is 1.19 bits per heavy atom. The highest BCUT2D eigenvalue weighted by atomic mass is 32.2. The van der Waals surface area contributed by atoms with Gasteiger partial charge in [-0.15, -0.1) is 0 Å². The molecule has 0 amide bonds. The van der Waals surface area contributed by atoms with Crippen molar-refractivity contribution in [2.45, 2.75) is 56.9 Å². The standard InChI is InChI=1S/C14H21NO5S/c1-9-12(14(16)19-3)13(10(2)20-9)21(17,18)15-11-7-5-4-6-8-11/h11,15H,4-8H2,1-3H3. The first-order valence-electron chi connectivity index (χ1n) is 7.07. The Morgan fingerprint density at radius 2 is 1.81 bits per heavy atom. The molecule has 1 aliphatic carbocycles. The SMILES string of the molecule is COC(=O)c1c(C)oc(C)c1S(=O)(=O)NC1CCCCC1. The molecule has 6 nitrogen and oxygen atoms in total. The average Bonchev–Trinajstić information content (AvgIpc) is 2.74. The number of hydrogen-bond donors (Lipinski definition) is 1. The number of furan rings is 1. The van der Waals surface area contributed by atoms with Crippen molar-refractivity contribution < 1.29 is 22.4 Å². The van der Waals surface area contributed by atoms with E-state index in [9.17, 15) is 13.2 Å². The van der Waals surface area contributed by atoms with E-state index in [2.05, 4.69) is 9.46 Å². The van der Waals surface area contributed by atoms with E-state index in [1.807, 2.05) is 0 Å². The van der Waals surface area contributed by atoms with E-state index in [-0.39, 0.29) is 28.0 Å². The van der Waals surface area contributed by atoms with Gasteiger partial charge in [-0.25, -0.2) is 17.9 Å². The summed E-state index contributed by atoms with van der Waals surface area (Å²) in [5.74, 6) is -0.243. The van der Waals surface area contributed by atoms with Crippen LogP contribution in [0.3, 0.4) is 0 Å². The number of carbonyl (C=O) groups is 1. The van der Waals surface area contributed by atoms with E-state index in [4.69, 9.17) is 4.42 Å². The quantitative estimate of drug-likeness (QED) is 0.862. The molecule has 0 bridgehead atoms. The highest BCUT2D eigenvalue weighted by Gasteiger charge is 2.33. The molecule has 118 valence electrons. The number of esters is 1. The molecule has 1 aromatic rings. The van der Waals surface area contributed by atoms with E-state index >= 15 is 0 Å². The van der Waals surface area contributed by atoms with Gasteiger partial charge < -0.3 is 9.15 Å². The van der Waals surface area contributed by atoms with Gasteiger partial charge in [-0.05, 0) is 26.7 Å². The largest absolute Gasteiger partial charge is 0.465 e. The zero-order valence-corrected chi connectivity index (χ0v) is 13.4. The minimum absolute atomic E-state index is 0.0155. The third kappa shape index (κ3) is 3.29. The molecule has 0 aliphatic heterocycles. The predicted molar refractivity (Wildman–Crippen MR) is 76.7 cm³/mol. The van der Waals surface area contributed by atoms with Gasteiger partial charge in [0.2, 0.25) is 10.0 Å². The molecule has 2 rings (SSSR count). The summed E-state index contributed by atoms with van der Waals surface area (Å²) in [5.41, 5.74) is -0.0155. The van der Waals surface area contributed by atoms with Crippen LogP contribution in [0.5, 0.6) is 0 Å². The normalized spacial score (nSPS) is 16.9. The Hall–Kier alpha value is -1.34. The number of nitrogens with one attached hydrogen (secondary N) is 1. The molecule has 0 saturated heterocycles. The van der Waals surface area contributed by atoms with E-state index in [0.29, 0.717) is 0 Å². The number of hydrogen-bond acceptors (Lipinski definition) is 5. The second-order valence-corrected chi connectivity index (χ2v) is 7.02. The van der Waals surface area contributed by atoms with Gasteiger partial charge in [-0.3, -0.25) is 0 Å². The lowest BCUT2D eigenvalue weighted by Gasteiger charge is -2.22. The number of methoxy groups -OCH3 is 1. The summed E-state index contributed by atoms with van der Waals surface area (Å²) in [6.45, 7) is 3.09. The summed E-state index contributed by atoms with van der Waals surface area (Å²) in [7, 11) is -2.58. The lowest BCUT2D eigenvalue weighted by Crippen LogP contribution is -2.36. The second-order valence-electron chi connectivity index (χ2n) is 5.37. The van der Waals surface area contributed by atoms with Crippen LogP contribution in [0.1, 0.15) is 54.0 Å². The number of sulfonamides is 1. The third-order valence-corrected chi connectivity index (χ3v) is 5.46. The summed E-state index contributed by atoms with van der Waals surface area (Å²) in [4.78, 5) is 11.7. The Balaban J connectivity index is 2.37. The molecule has 1 aliphatic rings. The van der Waals surface area contributed by atoms with Gasteiger partial charge in [-0.1, -0.05) is 19.3 Å². The molecule has 0 unspecified atom stereocenters. The lowest BCUT2D eigenvalue weighted by atomic mass is 9.96. The molecule has 21 heavy (non-hydrogen) atoms. The van der Waals surface area contributed by atoms with Crippen LogP contribution in [0.2, 0.25) is 0 Å². The first-order valence-corrected chi connectivity index (χ1v) is 8.55. The maximum Gasteiger partial charge on any atom is 0.342 e. The fourth-order valence-corrected chi connectivity index (χ4v) is 4.53. The van der Waals surface area contributed by atoms with Crippen LogP contribution < -0.4 is 4.72 Å². The molecule has 0 spiro atoms. The van der Waals surface area contributed by atoms with Gasteiger partial charge in [0.15, 0.2) is 0 Å². The summed E-state index contributed by atoms with van der Waals surface area (Å²) in [6, 6.07) is -0.0798. The van der Waals surface area contributed by atoms with E-state index in [0.717, 1.165) is 32.1 Å². The van der Waals surface area contributed by atoms with E-state index in [1.54, 1.807) is 6.92 Å². The molecule has 0 radical (unpaired) electrons. The van der Waals surface area contributed by atoms with Crippen molar-refractivity contribution in [3.63, 3.8) is 0 Å². The lowest BCUT2D eigenvalue weighted by molar-refractivity contribution is 0.0595. The van der Waals surface area contributed by atoms with Crippen LogP contribution in [0.25, 0.3) is 0 Å². The topological polar surface area (TPSA) is 85.6 Å². The van der Waals surface area contributed by atoms with E-state index in [1.165, 1.54) is 14.0 Å². The summed E-state index contributed by atoms with van der Waals surface area (Å²) < 4.78 is 37.9. The van der Waals surface area contributed by atoms with Gasteiger partial charge in [0.05, 0.1) is 7.11 Å². The molecule has 7 heteroatoms. The molecule has 0 atom stereocenters. The predicted octanol–water partition coefficient (Wildman–Crippen LogP) is 2.29. The monoisotopic (exact) mass is 315 g/mol. The van der Waals surface area contributed by atoms with Gasteiger partial charge in [0.25, 0.3) is 0 Å². The third-order valence-electron chi connectivity index (χ3n) is 3.79. The number of ether oxygens (including phenoxy) is 1.